The molecular weight excluding hydrogens is 630 g/mol. The third kappa shape index (κ3) is 11.6. The molecule has 3 fully saturated rings. The summed E-state index contributed by atoms with van der Waals surface area (Å²) >= 11 is 0. The van der Waals surface area contributed by atoms with Crippen LogP contribution in [0.15, 0.2) is 11.6 Å². The van der Waals surface area contributed by atoms with E-state index in [2.05, 4.69) is 40.7 Å². The second kappa shape index (κ2) is 21.1. The Labute approximate surface area is 305 Å². The number of carbonyl (C=O) groups excluding carboxylic acids is 1. The highest BCUT2D eigenvalue weighted by molar-refractivity contribution is 5.82. The molecule has 8 heteroatoms. The molecule has 1 unspecified atom stereocenters. The van der Waals surface area contributed by atoms with Gasteiger partial charge in [0.05, 0.1) is 52.4 Å². The predicted molar refractivity (Wildman–Crippen MR) is 200 cm³/mol. The number of nitrogens with two attached hydrogens (primary N) is 1. The second-order valence-corrected chi connectivity index (χ2v) is 17.1. The van der Waals surface area contributed by atoms with Gasteiger partial charge in [-0.15, -0.1) is 0 Å². The number of fused-ring (bicyclic) bond motifs is 5. The number of aliphatic hydroxyl groups is 1. The molecule has 0 aromatic carbocycles. The summed E-state index contributed by atoms with van der Waals surface area (Å²) in [5, 5.41) is 10.3. The predicted octanol–water partition coefficient (Wildman–Crippen LogP) is 7.54. The molecule has 0 aliphatic heterocycles. The van der Waals surface area contributed by atoms with Crippen LogP contribution in [0.25, 0.3) is 0 Å². The highest BCUT2D eigenvalue weighted by Gasteiger charge is 2.59. The van der Waals surface area contributed by atoms with Crippen LogP contribution in [0.3, 0.4) is 0 Å². The van der Waals surface area contributed by atoms with E-state index < -0.39 is 6.10 Å². The molecule has 8 nitrogen and oxygen atoms in total. The molecule has 0 heterocycles. The fraction of sp³-hybridized carbons (Fsp3) is 0.929. The first-order chi connectivity index (χ1) is 24.1. The molecule has 4 aliphatic rings. The first-order valence-electron chi connectivity index (χ1n) is 20.6. The summed E-state index contributed by atoms with van der Waals surface area (Å²) in [6.45, 7) is 17.5. The zero-order valence-corrected chi connectivity index (χ0v) is 32.6. The van der Waals surface area contributed by atoms with Gasteiger partial charge in [0.25, 0.3) is 0 Å². The molecule has 290 valence electrons. The van der Waals surface area contributed by atoms with Crippen molar-refractivity contribution in [2.45, 2.75) is 137 Å². The standard InChI is InChI=1S/C42H75NO7/c1-31(2)8-6-9-32(3)36-13-14-37-35-12-11-33-30-34(15-18-41(33,4)38(35)16-19-42(36,37)5)50-21-7-10-39(44)40(45)17-22-46-24-26-48-28-29-49-27-25-47-23-20-43/h11,31-32,34-38,40,45H,6-10,12-30,43H2,1-5H3/t32-,34+,35+,36-,37+,38+,40?,41+,42-/m1/s1. The van der Waals surface area contributed by atoms with Crippen LogP contribution >= 0.6 is 0 Å². The number of carbonyl (C=O) groups is 1. The molecule has 0 saturated heterocycles. The van der Waals surface area contributed by atoms with Gasteiger partial charge in [0.1, 0.15) is 6.10 Å². The molecular formula is C42H75NO7. The van der Waals surface area contributed by atoms with Crippen LogP contribution in [-0.2, 0) is 28.5 Å². The Bertz CT molecular complexity index is 1020. The maximum absolute atomic E-state index is 12.5. The molecule has 0 aromatic rings. The topological polar surface area (TPSA) is 109 Å². The minimum Gasteiger partial charge on any atom is -0.385 e. The lowest BCUT2D eigenvalue weighted by molar-refractivity contribution is -0.128. The Morgan fingerprint density at radius 2 is 1.50 bits per heavy atom. The normalized spacial score (nSPS) is 31.9. The Morgan fingerprint density at radius 1 is 0.820 bits per heavy atom. The minimum atomic E-state index is -0.984. The number of aliphatic hydroxyl groups excluding tert-OH is 1. The SMILES string of the molecule is CC(C)CCC[C@@H](C)[C@H]1CC[C@H]2[C@@H]3CC=C4C[C@@H](OCCCC(=O)C(O)CCOCCOCCOCCOCCN)CC[C@]4(C)[C@H]3CC[C@]12C. The van der Waals surface area contributed by atoms with Gasteiger partial charge < -0.3 is 34.5 Å². The van der Waals surface area contributed by atoms with Crippen molar-refractivity contribution in [3.8, 4) is 0 Å². The summed E-state index contributed by atoms with van der Waals surface area (Å²) in [4.78, 5) is 12.5. The first kappa shape index (κ1) is 41.9. The van der Waals surface area contributed by atoms with Crippen molar-refractivity contribution >= 4 is 5.78 Å². The van der Waals surface area contributed by atoms with Gasteiger partial charge in [0.15, 0.2) is 5.78 Å². The van der Waals surface area contributed by atoms with E-state index in [4.69, 9.17) is 29.4 Å². The summed E-state index contributed by atoms with van der Waals surface area (Å²) in [6, 6.07) is 0. The monoisotopic (exact) mass is 706 g/mol. The smallest absolute Gasteiger partial charge is 0.161 e. The van der Waals surface area contributed by atoms with Crippen LogP contribution in [0.5, 0.6) is 0 Å². The number of hydrogen-bond donors (Lipinski definition) is 2. The Balaban J connectivity index is 1.08. The van der Waals surface area contributed by atoms with Crippen molar-refractivity contribution in [2.75, 3.05) is 66.0 Å². The lowest BCUT2D eigenvalue weighted by Crippen LogP contribution is -2.51. The first-order valence-corrected chi connectivity index (χ1v) is 20.6. The van der Waals surface area contributed by atoms with Crippen molar-refractivity contribution in [1.82, 2.24) is 0 Å². The summed E-state index contributed by atoms with van der Waals surface area (Å²) in [7, 11) is 0. The van der Waals surface area contributed by atoms with Crippen LogP contribution in [-0.4, -0.2) is 89.1 Å². The molecule has 50 heavy (non-hydrogen) atoms. The van der Waals surface area contributed by atoms with E-state index in [-0.39, 0.29) is 11.9 Å². The maximum Gasteiger partial charge on any atom is 0.161 e. The number of rotatable bonds is 25. The highest BCUT2D eigenvalue weighted by Crippen LogP contribution is 2.67. The number of ether oxygens (including phenoxy) is 5. The van der Waals surface area contributed by atoms with E-state index in [1.807, 2.05) is 0 Å². The van der Waals surface area contributed by atoms with Gasteiger partial charge in [-0.25, -0.2) is 0 Å². The van der Waals surface area contributed by atoms with E-state index >= 15 is 0 Å². The average molecular weight is 706 g/mol. The van der Waals surface area contributed by atoms with Crippen LogP contribution < -0.4 is 5.73 Å². The fourth-order valence-electron chi connectivity index (χ4n) is 10.7. The van der Waals surface area contributed by atoms with Crippen molar-refractivity contribution in [2.24, 2.45) is 52.1 Å². The molecule has 9 atom stereocenters. The van der Waals surface area contributed by atoms with Gasteiger partial charge in [0.2, 0.25) is 0 Å². The molecule has 0 bridgehead atoms. The largest absolute Gasteiger partial charge is 0.385 e. The number of allylic oxidation sites excluding steroid dienone is 1. The molecule has 0 radical (unpaired) electrons. The van der Waals surface area contributed by atoms with Gasteiger partial charge >= 0.3 is 0 Å². The van der Waals surface area contributed by atoms with Crippen molar-refractivity contribution in [3.05, 3.63) is 11.6 Å². The third-order valence-electron chi connectivity index (χ3n) is 13.5. The van der Waals surface area contributed by atoms with Gasteiger partial charge in [-0.05, 0) is 104 Å². The molecule has 0 spiro atoms. The highest BCUT2D eigenvalue weighted by atomic mass is 16.6. The van der Waals surface area contributed by atoms with Gasteiger partial charge in [0, 0.05) is 32.6 Å². The second-order valence-electron chi connectivity index (χ2n) is 17.1. The van der Waals surface area contributed by atoms with Crippen LogP contribution in [0.1, 0.15) is 125 Å². The molecule has 3 saturated carbocycles. The molecule has 4 aliphatic carbocycles. The summed E-state index contributed by atoms with van der Waals surface area (Å²) in [5.41, 5.74) is 7.88. The van der Waals surface area contributed by atoms with E-state index in [0.717, 1.165) is 48.3 Å². The quantitative estimate of drug-likeness (QED) is 0.0741. The Kier molecular flexibility index (Phi) is 17.7. The van der Waals surface area contributed by atoms with Crippen molar-refractivity contribution in [3.63, 3.8) is 0 Å². The van der Waals surface area contributed by atoms with Crippen molar-refractivity contribution in [1.29, 1.82) is 0 Å². The molecule has 0 amide bonds. The van der Waals surface area contributed by atoms with Crippen LogP contribution in [0.4, 0.5) is 0 Å². The Morgan fingerprint density at radius 3 is 2.18 bits per heavy atom. The van der Waals surface area contributed by atoms with E-state index in [0.29, 0.717) is 96.1 Å². The third-order valence-corrected chi connectivity index (χ3v) is 13.5. The average Bonchev–Trinajstić information content (AvgIpc) is 3.45. The van der Waals surface area contributed by atoms with Crippen molar-refractivity contribution < 1.29 is 33.6 Å². The van der Waals surface area contributed by atoms with Gasteiger partial charge in [-0.1, -0.05) is 65.5 Å². The van der Waals surface area contributed by atoms with E-state index in [1.165, 1.54) is 57.8 Å². The molecule has 3 N–H and O–H groups in total. The van der Waals surface area contributed by atoms with E-state index in [9.17, 15) is 9.90 Å². The summed E-state index contributed by atoms with van der Waals surface area (Å²) in [5.74, 6) is 5.03. The minimum absolute atomic E-state index is 0.123. The molecule has 4 rings (SSSR count). The lowest BCUT2D eigenvalue weighted by Gasteiger charge is -2.58. The zero-order valence-electron chi connectivity index (χ0n) is 32.6. The van der Waals surface area contributed by atoms with Crippen LogP contribution in [0.2, 0.25) is 0 Å². The summed E-state index contributed by atoms with van der Waals surface area (Å²) in [6.07, 6.45) is 17.8. The molecule has 0 aromatic heterocycles. The fourth-order valence-corrected chi connectivity index (χ4v) is 10.7. The zero-order chi connectivity index (χ0) is 36.0. The van der Waals surface area contributed by atoms with Gasteiger partial charge in [-0.2, -0.15) is 0 Å². The summed E-state index contributed by atoms with van der Waals surface area (Å²) < 4.78 is 28.0. The lowest BCUT2D eigenvalue weighted by atomic mass is 9.47. The number of Topliss-reactive ketones (excluding diaryl/α,β-unsaturated/α-hetero) is 1. The number of hydrogen-bond acceptors (Lipinski definition) is 8. The van der Waals surface area contributed by atoms with E-state index in [1.54, 1.807) is 5.57 Å². The van der Waals surface area contributed by atoms with Crippen LogP contribution in [0, 0.1) is 46.3 Å². The number of ketones is 1. The van der Waals surface area contributed by atoms with Gasteiger partial charge in [-0.3, -0.25) is 4.79 Å². The maximum atomic E-state index is 12.5. The Hall–Kier alpha value is -0.870.